The van der Waals surface area contributed by atoms with Crippen LogP contribution in [0.1, 0.15) is 30.0 Å². The molecular weight excluding hydrogens is 358 g/mol. The van der Waals surface area contributed by atoms with Crippen LogP contribution in [0, 0.1) is 5.82 Å². The third kappa shape index (κ3) is 4.33. The molecule has 2 heterocycles. The van der Waals surface area contributed by atoms with Gasteiger partial charge in [0.2, 0.25) is 5.88 Å². The van der Waals surface area contributed by atoms with E-state index in [-0.39, 0.29) is 12.4 Å². The quantitative estimate of drug-likeness (QED) is 0.765. The number of aromatic nitrogens is 1. The molecule has 0 amide bonds. The fourth-order valence-electron chi connectivity index (χ4n) is 2.83. The highest BCUT2D eigenvalue weighted by atomic mass is 79.9. The average molecular weight is 377 g/mol. The zero-order valence-electron chi connectivity index (χ0n) is 13.1. The van der Waals surface area contributed by atoms with Crippen molar-refractivity contribution in [2.45, 2.75) is 25.4 Å². The first-order valence-corrected chi connectivity index (χ1v) is 8.63. The molecule has 0 spiro atoms. The van der Waals surface area contributed by atoms with E-state index < -0.39 is 0 Å². The molecule has 0 unspecified atom stereocenters. The standard InChI is InChI=1S/C17H19BBrFN2O/c18-22-8-6-12(7-9-22)16-2-1-3-17(21-16)23-11-13-4-5-14(19)10-15(13)20/h1-5,10,12H,6-9,11,18H2. The lowest BCUT2D eigenvalue weighted by atomic mass is 9.92. The Labute approximate surface area is 145 Å². The Kier molecular flexibility index (Phi) is 5.33. The number of benzene rings is 1. The van der Waals surface area contributed by atoms with Gasteiger partial charge in [-0.1, -0.05) is 28.1 Å². The molecule has 0 bridgehead atoms. The highest BCUT2D eigenvalue weighted by molar-refractivity contribution is 9.10. The Balaban J connectivity index is 1.65. The van der Waals surface area contributed by atoms with E-state index in [0.29, 0.717) is 17.4 Å². The fourth-order valence-corrected chi connectivity index (χ4v) is 3.17. The molecule has 120 valence electrons. The van der Waals surface area contributed by atoms with Crippen LogP contribution in [0.5, 0.6) is 5.88 Å². The first kappa shape index (κ1) is 16.5. The number of piperidine rings is 1. The summed E-state index contributed by atoms with van der Waals surface area (Å²) in [5.41, 5.74) is 1.60. The van der Waals surface area contributed by atoms with Crippen LogP contribution in [-0.4, -0.2) is 30.9 Å². The summed E-state index contributed by atoms with van der Waals surface area (Å²) >= 11 is 3.25. The zero-order chi connectivity index (χ0) is 16.2. The molecule has 0 atom stereocenters. The van der Waals surface area contributed by atoms with Gasteiger partial charge in [-0.25, -0.2) is 9.37 Å². The van der Waals surface area contributed by atoms with E-state index in [1.165, 1.54) is 6.07 Å². The summed E-state index contributed by atoms with van der Waals surface area (Å²) in [6, 6.07) is 10.8. The van der Waals surface area contributed by atoms with Crippen LogP contribution in [0.4, 0.5) is 4.39 Å². The first-order chi connectivity index (χ1) is 11.1. The Morgan fingerprint density at radius 3 is 2.78 bits per heavy atom. The molecule has 0 saturated carbocycles. The van der Waals surface area contributed by atoms with Gasteiger partial charge in [0.05, 0.1) is 0 Å². The van der Waals surface area contributed by atoms with Crippen LogP contribution in [-0.2, 0) is 6.61 Å². The second-order valence-corrected chi connectivity index (χ2v) is 6.92. The van der Waals surface area contributed by atoms with Crippen molar-refractivity contribution in [2.24, 2.45) is 0 Å². The smallest absolute Gasteiger partial charge is 0.213 e. The van der Waals surface area contributed by atoms with Gasteiger partial charge in [-0.15, -0.1) is 0 Å². The number of pyridine rings is 1. The minimum Gasteiger partial charge on any atom is -0.473 e. The molecule has 1 aromatic heterocycles. The Morgan fingerprint density at radius 2 is 2.04 bits per heavy atom. The summed E-state index contributed by atoms with van der Waals surface area (Å²) in [6.07, 6.45) is 2.24. The number of nitrogens with zero attached hydrogens (tertiary/aromatic N) is 2. The topological polar surface area (TPSA) is 25.4 Å². The summed E-state index contributed by atoms with van der Waals surface area (Å²) in [5.74, 6) is 0.772. The largest absolute Gasteiger partial charge is 0.473 e. The van der Waals surface area contributed by atoms with Crippen LogP contribution in [0.25, 0.3) is 0 Å². The van der Waals surface area contributed by atoms with Gasteiger partial charge >= 0.3 is 0 Å². The van der Waals surface area contributed by atoms with Crippen LogP contribution in [0.2, 0.25) is 0 Å². The summed E-state index contributed by atoms with van der Waals surface area (Å²) in [5, 5.41) is 0. The minimum atomic E-state index is -0.272. The number of ether oxygens (including phenoxy) is 1. The molecule has 3 nitrogen and oxygen atoms in total. The SMILES string of the molecule is BN1CCC(c2cccc(OCc3ccc(Br)cc3F)n2)CC1. The van der Waals surface area contributed by atoms with Gasteiger partial charge in [0.25, 0.3) is 0 Å². The van der Waals surface area contributed by atoms with Gasteiger partial charge in [0.1, 0.15) is 12.4 Å². The maximum absolute atomic E-state index is 13.8. The van der Waals surface area contributed by atoms with Crippen LogP contribution >= 0.6 is 15.9 Å². The Morgan fingerprint density at radius 1 is 1.26 bits per heavy atom. The molecule has 0 aliphatic carbocycles. The van der Waals surface area contributed by atoms with Crippen molar-refractivity contribution in [3.05, 3.63) is 57.9 Å². The van der Waals surface area contributed by atoms with E-state index >= 15 is 0 Å². The molecule has 2 aromatic rings. The van der Waals surface area contributed by atoms with E-state index in [2.05, 4.69) is 39.8 Å². The summed E-state index contributed by atoms with van der Waals surface area (Å²) in [6.45, 7) is 2.38. The van der Waals surface area contributed by atoms with E-state index in [4.69, 9.17) is 4.74 Å². The van der Waals surface area contributed by atoms with Crippen molar-refractivity contribution in [1.82, 2.24) is 9.79 Å². The zero-order valence-corrected chi connectivity index (χ0v) is 14.7. The molecule has 1 saturated heterocycles. The Hall–Kier alpha value is -1.40. The van der Waals surface area contributed by atoms with Crippen molar-refractivity contribution in [2.75, 3.05) is 13.1 Å². The lowest BCUT2D eigenvalue weighted by molar-refractivity contribution is 0.283. The summed E-state index contributed by atoms with van der Waals surface area (Å²) in [4.78, 5) is 6.95. The minimum absolute atomic E-state index is 0.184. The molecule has 6 heteroatoms. The number of hydrogen-bond donors (Lipinski definition) is 0. The third-order valence-electron chi connectivity index (χ3n) is 4.27. The predicted molar refractivity (Wildman–Crippen MR) is 94.8 cm³/mol. The first-order valence-electron chi connectivity index (χ1n) is 7.84. The second-order valence-electron chi connectivity index (χ2n) is 6.00. The summed E-state index contributed by atoms with van der Waals surface area (Å²) < 4.78 is 20.2. The maximum Gasteiger partial charge on any atom is 0.213 e. The van der Waals surface area contributed by atoms with Gasteiger partial charge in [0.15, 0.2) is 7.98 Å². The molecule has 1 fully saturated rings. The maximum atomic E-state index is 13.8. The van der Waals surface area contributed by atoms with Gasteiger partial charge in [-0.3, -0.25) is 0 Å². The number of rotatable bonds is 4. The molecule has 1 aromatic carbocycles. The molecule has 0 radical (unpaired) electrons. The molecule has 3 rings (SSSR count). The second kappa shape index (κ2) is 7.45. The van der Waals surface area contributed by atoms with Gasteiger partial charge < -0.3 is 9.55 Å². The normalized spacial score (nSPS) is 16.4. The van der Waals surface area contributed by atoms with Crippen LogP contribution < -0.4 is 4.74 Å². The van der Waals surface area contributed by atoms with E-state index in [1.807, 2.05) is 18.2 Å². The highest BCUT2D eigenvalue weighted by Gasteiger charge is 2.19. The van der Waals surface area contributed by atoms with Crippen LogP contribution in [0.3, 0.4) is 0 Å². The average Bonchev–Trinajstić information content (AvgIpc) is 2.55. The van der Waals surface area contributed by atoms with Crippen LogP contribution in [0.15, 0.2) is 40.9 Å². The lowest BCUT2D eigenvalue weighted by Gasteiger charge is -2.29. The van der Waals surface area contributed by atoms with Gasteiger partial charge in [-0.2, -0.15) is 0 Å². The lowest BCUT2D eigenvalue weighted by Crippen LogP contribution is -2.30. The monoisotopic (exact) mass is 376 g/mol. The van der Waals surface area contributed by atoms with Crippen molar-refractivity contribution in [3.8, 4) is 5.88 Å². The van der Waals surface area contributed by atoms with E-state index in [0.717, 1.165) is 36.1 Å². The van der Waals surface area contributed by atoms with Crippen molar-refractivity contribution in [1.29, 1.82) is 0 Å². The van der Waals surface area contributed by atoms with Gasteiger partial charge in [-0.05, 0) is 44.1 Å². The molecule has 0 N–H and O–H groups in total. The van der Waals surface area contributed by atoms with Gasteiger partial charge in [0, 0.05) is 27.7 Å². The van der Waals surface area contributed by atoms with Crippen molar-refractivity contribution >= 4 is 23.9 Å². The van der Waals surface area contributed by atoms with E-state index in [9.17, 15) is 4.39 Å². The number of hydrogen-bond acceptors (Lipinski definition) is 3. The number of halogens is 2. The molecule has 1 aliphatic heterocycles. The predicted octanol–water partition coefficient (Wildman–Crippen LogP) is 3.29. The summed E-state index contributed by atoms with van der Waals surface area (Å²) in [7, 11) is 2.15. The fraction of sp³-hybridized carbons (Fsp3) is 0.353. The molecule has 1 aliphatic rings. The molecule has 23 heavy (non-hydrogen) atoms. The van der Waals surface area contributed by atoms with E-state index in [1.54, 1.807) is 6.07 Å². The third-order valence-corrected chi connectivity index (χ3v) is 4.77. The highest BCUT2D eigenvalue weighted by Crippen LogP contribution is 2.27. The molecular formula is C17H19BBrFN2O. The van der Waals surface area contributed by atoms with Crippen molar-refractivity contribution in [3.63, 3.8) is 0 Å². The van der Waals surface area contributed by atoms with Crippen molar-refractivity contribution < 1.29 is 9.13 Å². The Bertz CT molecular complexity index is 677.